The number of amides is 1. The predicted molar refractivity (Wildman–Crippen MR) is 107 cm³/mol. The average Bonchev–Trinajstić information content (AvgIpc) is 2.70. The highest BCUT2D eigenvalue weighted by Gasteiger charge is 2.29. The first-order chi connectivity index (χ1) is 13.0. The van der Waals surface area contributed by atoms with Crippen LogP contribution in [-0.2, 0) is 24.2 Å². The summed E-state index contributed by atoms with van der Waals surface area (Å²) < 4.78 is 0. The van der Waals surface area contributed by atoms with Gasteiger partial charge in [0.05, 0.1) is 11.6 Å². The molecule has 0 bridgehead atoms. The number of carbonyl (C=O) groups excluding carboxylic acids is 1. The number of nitrogens with zero attached hydrogens (tertiary/aromatic N) is 2. The number of aryl methyl sites for hydroxylation is 1. The molecule has 0 saturated carbocycles. The Morgan fingerprint density at radius 2 is 1.85 bits per heavy atom. The Morgan fingerprint density at radius 1 is 1.15 bits per heavy atom. The van der Waals surface area contributed by atoms with Crippen LogP contribution in [0.5, 0.6) is 0 Å². The molecule has 4 nitrogen and oxygen atoms in total. The minimum atomic E-state index is -0.0857. The molecule has 1 amide bonds. The van der Waals surface area contributed by atoms with Gasteiger partial charge >= 0.3 is 0 Å². The molecule has 0 atom stereocenters. The maximum Gasteiger partial charge on any atom is 0.220 e. The molecule has 0 unspecified atom stereocenters. The summed E-state index contributed by atoms with van der Waals surface area (Å²) in [7, 11) is 0. The Morgan fingerprint density at radius 3 is 2.56 bits per heavy atom. The van der Waals surface area contributed by atoms with Gasteiger partial charge in [-0.25, -0.2) is 0 Å². The van der Waals surface area contributed by atoms with Crippen LogP contribution in [0.1, 0.15) is 42.5 Å². The van der Waals surface area contributed by atoms with Gasteiger partial charge in [-0.3, -0.25) is 9.69 Å². The van der Waals surface area contributed by atoms with Gasteiger partial charge in [-0.2, -0.15) is 5.26 Å². The Bertz CT molecular complexity index is 833. The average molecular weight is 361 g/mol. The lowest BCUT2D eigenvalue weighted by Gasteiger charge is -2.41. The second-order valence-electron chi connectivity index (χ2n) is 7.84. The lowest BCUT2D eigenvalue weighted by Crippen LogP contribution is -2.53. The van der Waals surface area contributed by atoms with Crippen LogP contribution >= 0.6 is 0 Å². The van der Waals surface area contributed by atoms with Crippen LogP contribution in [0.2, 0.25) is 0 Å². The number of rotatable bonds is 6. The Balaban J connectivity index is 1.48. The third-order valence-corrected chi connectivity index (χ3v) is 5.43. The maximum absolute atomic E-state index is 12.3. The standard InChI is InChI=1S/C23H27N3O/c1-23(2,26-14-13-20-5-3-4-6-21(20)16-26)17-25-22(27)12-11-18-7-9-19(15-24)10-8-18/h3-10H,11-14,16-17H2,1-2H3,(H,25,27). The number of fused-ring (bicyclic) bond motifs is 1. The van der Waals surface area contributed by atoms with E-state index in [2.05, 4.69) is 54.4 Å². The van der Waals surface area contributed by atoms with Crippen molar-refractivity contribution in [1.29, 1.82) is 5.26 Å². The van der Waals surface area contributed by atoms with Crippen molar-refractivity contribution in [3.05, 3.63) is 70.8 Å². The third-order valence-electron chi connectivity index (χ3n) is 5.43. The molecule has 4 heteroatoms. The maximum atomic E-state index is 12.3. The van der Waals surface area contributed by atoms with Crippen molar-refractivity contribution in [2.45, 2.75) is 45.2 Å². The van der Waals surface area contributed by atoms with E-state index in [0.717, 1.165) is 25.1 Å². The molecule has 1 heterocycles. The number of benzene rings is 2. The predicted octanol–water partition coefficient (Wildman–Crippen LogP) is 3.44. The van der Waals surface area contributed by atoms with Crippen molar-refractivity contribution in [3.63, 3.8) is 0 Å². The van der Waals surface area contributed by atoms with E-state index >= 15 is 0 Å². The molecule has 2 aromatic carbocycles. The second kappa shape index (κ2) is 8.37. The first-order valence-corrected chi connectivity index (χ1v) is 9.55. The summed E-state index contributed by atoms with van der Waals surface area (Å²) in [5.74, 6) is 0.0739. The van der Waals surface area contributed by atoms with Crippen molar-refractivity contribution in [1.82, 2.24) is 10.2 Å². The fraction of sp³-hybridized carbons (Fsp3) is 0.391. The second-order valence-corrected chi connectivity index (χ2v) is 7.84. The van der Waals surface area contributed by atoms with Crippen LogP contribution < -0.4 is 5.32 Å². The molecule has 0 saturated heterocycles. The van der Waals surface area contributed by atoms with E-state index in [9.17, 15) is 4.79 Å². The van der Waals surface area contributed by atoms with Crippen LogP contribution in [0.4, 0.5) is 0 Å². The fourth-order valence-corrected chi connectivity index (χ4v) is 3.53. The molecular weight excluding hydrogens is 334 g/mol. The van der Waals surface area contributed by atoms with Gasteiger partial charge in [0.15, 0.2) is 0 Å². The number of hydrogen-bond donors (Lipinski definition) is 1. The SMILES string of the molecule is CC(C)(CNC(=O)CCc1ccc(C#N)cc1)N1CCc2ccccc2C1. The molecule has 1 aliphatic heterocycles. The molecule has 3 rings (SSSR count). The molecule has 0 radical (unpaired) electrons. The highest BCUT2D eigenvalue weighted by atomic mass is 16.1. The van der Waals surface area contributed by atoms with Crippen LogP contribution in [0.3, 0.4) is 0 Å². The van der Waals surface area contributed by atoms with E-state index in [4.69, 9.17) is 5.26 Å². The topological polar surface area (TPSA) is 56.1 Å². The van der Waals surface area contributed by atoms with E-state index < -0.39 is 0 Å². The first kappa shape index (κ1) is 19.1. The number of hydrogen-bond acceptors (Lipinski definition) is 3. The Kier molecular flexibility index (Phi) is 5.93. The normalized spacial score (nSPS) is 14.3. The summed E-state index contributed by atoms with van der Waals surface area (Å²) in [6.07, 6.45) is 2.21. The van der Waals surface area contributed by atoms with Gasteiger partial charge in [-0.05, 0) is 55.5 Å². The molecule has 140 valence electrons. The molecular formula is C23H27N3O. The molecule has 1 N–H and O–H groups in total. The van der Waals surface area contributed by atoms with Gasteiger partial charge in [-0.1, -0.05) is 36.4 Å². The van der Waals surface area contributed by atoms with E-state index in [1.54, 1.807) is 12.1 Å². The van der Waals surface area contributed by atoms with Crippen LogP contribution in [0, 0.1) is 11.3 Å². The lowest BCUT2D eigenvalue weighted by molar-refractivity contribution is -0.121. The molecule has 0 aromatic heterocycles. The molecule has 27 heavy (non-hydrogen) atoms. The highest BCUT2D eigenvalue weighted by Crippen LogP contribution is 2.24. The molecule has 1 aliphatic rings. The van der Waals surface area contributed by atoms with Gasteiger partial charge in [0.25, 0.3) is 0 Å². The monoisotopic (exact) mass is 361 g/mol. The molecule has 2 aromatic rings. The van der Waals surface area contributed by atoms with Crippen LogP contribution in [-0.4, -0.2) is 29.4 Å². The summed E-state index contributed by atoms with van der Waals surface area (Å²) in [6, 6.07) is 18.2. The number of carbonyl (C=O) groups is 1. The number of nitrogens with one attached hydrogen (secondary N) is 1. The summed E-state index contributed by atoms with van der Waals surface area (Å²) in [6.45, 7) is 6.99. The van der Waals surface area contributed by atoms with Crippen LogP contribution in [0.15, 0.2) is 48.5 Å². The van der Waals surface area contributed by atoms with Crippen molar-refractivity contribution in [3.8, 4) is 6.07 Å². The zero-order chi connectivity index (χ0) is 19.3. The van der Waals surface area contributed by atoms with Gasteiger partial charge < -0.3 is 5.32 Å². The Labute approximate surface area is 161 Å². The largest absolute Gasteiger partial charge is 0.354 e. The van der Waals surface area contributed by atoms with Crippen molar-refractivity contribution >= 4 is 5.91 Å². The third kappa shape index (κ3) is 4.96. The number of nitriles is 1. The molecule has 0 aliphatic carbocycles. The first-order valence-electron chi connectivity index (χ1n) is 9.55. The Hall–Kier alpha value is -2.64. The summed E-state index contributed by atoms with van der Waals surface area (Å²) in [4.78, 5) is 14.7. The zero-order valence-corrected chi connectivity index (χ0v) is 16.2. The van der Waals surface area contributed by atoms with Gasteiger partial charge in [-0.15, -0.1) is 0 Å². The summed E-state index contributed by atoms with van der Waals surface area (Å²) in [5.41, 5.74) is 4.47. The summed E-state index contributed by atoms with van der Waals surface area (Å²) in [5, 5.41) is 11.9. The van der Waals surface area contributed by atoms with Crippen molar-refractivity contribution in [2.75, 3.05) is 13.1 Å². The van der Waals surface area contributed by atoms with Crippen molar-refractivity contribution < 1.29 is 4.79 Å². The van der Waals surface area contributed by atoms with Gasteiger partial charge in [0.2, 0.25) is 5.91 Å². The minimum absolute atomic E-state index is 0.0739. The summed E-state index contributed by atoms with van der Waals surface area (Å²) >= 11 is 0. The zero-order valence-electron chi connectivity index (χ0n) is 16.2. The minimum Gasteiger partial charge on any atom is -0.354 e. The smallest absolute Gasteiger partial charge is 0.220 e. The van der Waals surface area contributed by atoms with Crippen LogP contribution in [0.25, 0.3) is 0 Å². The van der Waals surface area contributed by atoms with Gasteiger partial charge in [0.1, 0.15) is 0 Å². The van der Waals surface area contributed by atoms with Crippen molar-refractivity contribution in [2.24, 2.45) is 0 Å². The van der Waals surface area contributed by atoms with E-state index in [-0.39, 0.29) is 11.4 Å². The lowest BCUT2D eigenvalue weighted by atomic mass is 9.94. The quantitative estimate of drug-likeness (QED) is 0.857. The highest BCUT2D eigenvalue weighted by molar-refractivity contribution is 5.76. The van der Waals surface area contributed by atoms with Gasteiger partial charge in [0, 0.05) is 31.6 Å². The molecule has 0 fully saturated rings. The van der Waals surface area contributed by atoms with E-state index in [1.807, 2.05) is 12.1 Å². The van der Waals surface area contributed by atoms with E-state index in [1.165, 1.54) is 11.1 Å². The van der Waals surface area contributed by atoms with E-state index in [0.29, 0.717) is 24.9 Å². The molecule has 0 spiro atoms. The fourth-order valence-electron chi connectivity index (χ4n) is 3.53.